The van der Waals surface area contributed by atoms with Gasteiger partial charge in [0, 0.05) is 20.5 Å². The fourth-order valence-corrected chi connectivity index (χ4v) is 3.09. The molecule has 104 valence electrons. The first kappa shape index (κ1) is 15.6. The van der Waals surface area contributed by atoms with Gasteiger partial charge >= 0.3 is 0 Å². The van der Waals surface area contributed by atoms with Crippen LogP contribution in [-0.2, 0) is 16.6 Å². The van der Waals surface area contributed by atoms with Crippen LogP contribution in [0, 0.1) is 0 Å². The fourth-order valence-electron chi connectivity index (χ4n) is 1.58. The first-order chi connectivity index (χ1) is 9.54. The van der Waals surface area contributed by atoms with Gasteiger partial charge in [-0.2, -0.15) is 0 Å². The van der Waals surface area contributed by atoms with Crippen LogP contribution in [0.1, 0.15) is 11.1 Å². The Bertz CT molecular complexity index is 651. The van der Waals surface area contributed by atoms with Crippen LogP contribution in [0.25, 0.3) is 6.08 Å². The largest absolute Gasteiger partial charge is 0.255 e. The van der Waals surface area contributed by atoms with E-state index in [1.807, 2.05) is 12.1 Å². The standard InChI is InChI=1S/C15H11Cl3OS/c16-13-4-1-11(2-5-13)10-20(19)8-7-12-3-6-14(17)9-15(12)18/h1-9H,10H2. The van der Waals surface area contributed by atoms with E-state index in [9.17, 15) is 4.21 Å². The van der Waals surface area contributed by atoms with E-state index in [0.717, 1.165) is 11.1 Å². The molecule has 2 aromatic rings. The maximum atomic E-state index is 12.0. The molecule has 0 saturated heterocycles. The van der Waals surface area contributed by atoms with Gasteiger partial charge in [-0.1, -0.05) is 53.0 Å². The van der Waals surface area contributed by atoms with E-state index in [0.29, 0.717) is 20.8 Å². The minimum Gasteiger partial charge on any atom is -0.255 e. The summed E-state index contributed by atoms with van der Waals surface area (Å²) in [7, 11) is -1.11. The molecular formula is C15H11Cl3OS. The molecular weight excluding hydrogens is 335 g/mol. The zero-order valence-corrected chi connectivity index (χ0v) is 13.4. The van der Waals surface area contributed by atoms with Crippen LogP contribution in [0.3, 0.4) is 0 Å². The molecule has 0 saturated carbocycles. The Morgan fingerprint density at radius 2 is 1.60 bits per heavy atom. The summed E-state index contributed by atoms with van der Waals surface area (Å²) >= 11 is 17.7. The third-order valence-corrected chi connectivity index (χ3v) is 4.46. The van der Waals surface area contributed by atoms with Crippen molar-refractivity contribution in [1.82, 2.24) is 0 Å². The summed E-state index contributed by atoms with van der Waals surface area (Å²) in [5.74, 6) is 0.443. The molecule has 2 aromatic carbocycles. The van der Waals surface area contributed by atoms with Crippen LogP contribution in [0.2, 0.25) is 15.1 Å². The van der Waals surface area contributed by atoms with Crippen LogP contribution in [0.4, 0.5) is 0 Å². The van der Waals surface area contributed by atoms with E-state index in [1.165, 1.54) is 0 Å². The summed E-state index contributed by atoms with van der Waals surface area (Å²) in [6.07, 6.45) is 1.74. The second-order valence-electron chi connectivity index (χ2n) is 4.12. The van der Waals surface area contributed by atoms with Crippen LogP contribution in [0.5, 0.6) is 0 Å². The van der Waals surface area contributed by atoms with Gasteiger partial charge in [0.1, 0.15) is 0 Å². The van der Waals surface area contributed by atoms with Crippen molar-refractivity contribution in [3.63, 3.8) is 0 Å². The van der Waals surface area contributed by atoms with Crippen molar-refractivity contribution in [1.29, 1.82) is 0 Å². The van der Waals surface area contributed by atoms with Gasteiger partial charge in [-0.05, 0) is 41.5 Å². The van der Waals surface area contributed by atoms with Crippen LogP contribution in [0.15, 0.2) is 47.9 Å². The predicted molar refractivity (Wildman–Crippen MR) is 88.8 cm³/mol. The summed E-state index contributed by atoms with van der Waals surface area (Å²) in [6.45, 7) is 0. The van der Waals surface area contributed by atoms with Crippen molar-refractivity contribution in [3.8, 4) is 0 Å². The molecule has 0 aliphatic heterocycles. The Hall–Kier alpha value is -0.800. The third-order valence-electron chi connectivity index (χ3n) is 2.58. The second kappa shape index (κ2) is 7.28. The second-order valence-corrected chi connectivity index (χ2v) is 6.72. The van der Waals surface area contributed by atoms with Crippen LogP contribution in [-0.4, -0.2) is 4.21 Å². The number of rotatable bonds is 4. The van der Waals surface area contributed by atoms with Gasteiger partial charge in [0.2, 0.25) is 0 Å². The highest BCUT2D eigenvalue weighted by atomic mass is 35.5. The predicted octanol–water partition coefficient (Wildman–Crippen LogP) is 5.57. The molecule has 0 N–H and O–H groups in total. The summed E-state index contributed by atoms with van der Waals surface area (Å²) in [5, 5.41) is 3.42. The van der Waals surface area contributed by atoms with Gasteiger partial charge < -0.3 is 0 Å². The summed E-state index contributed by atoms with van der Waals surface area (Å²) in [5.41, 5.74) is 1.76. The zero-order chi connectivity index (χ0) is 14.5. The Morgan fingerprint density at radius 3 is 2.25 bits per heavy atom. The van der Waals surface area contributed by atoms with E-state index in [1.54, 1.807) is 41.8 Å². The zero-order valence-electron chi connectivity index (χ0n) is 10.4. The molecule has 0 radical (unpaired) electrons. The average molecular weight is 346 g/mol. The smallest absolute Gasteiger partial charge is 0.0526 e. The van der Waals surface area contributed by atoms with Crippen molar-refractivity contribution < 1.29 is 4.21 Å². The van der Waals surface area contributed by atoms with Crippen molar-refractivity contribution in [3.05, 3.63) is 74.1 Å². The van der Waals surface area contributed by atoms with Gasteiger partial charge in [-0.15, -0.1) is 0 Å². The molecule has 1 nitrogen and oxygen atoms in total. The van der Waals surface area contributed by atoms with Gasteiger partial charge in [0.05, 0.1) is 16.6 Å². The summed E-state index contributed by atoms with van der Waals surface area (Å²) in [4.78, 5) is 0. The number of hydrogen-bond acceptors (Lipinski definition) is 1. The topological polar surface area (TPSA) is 17.1 Å². The number of hydrogen-bond donors (Lipinski definition) is 0. The maximum absolute atomic E-state index is 12.0. The first-order valence-electron chi connectivity index (χ1n) is 5.79. The van der Waals surface area contributed by atoms with Crippen LogP contribution >= 0.6 is 34.8 Å². The molecule has 1 unspecified atom stereocenters. The van der Waals surface area contributed by atoms with Gasteiger partial charge in [0.25, 0.3) is 0 Å². The Balaban J connectivity index is 2.03. The lowest BCUT2D eigenvalue weighted by molar-refractivity contribution is 0.688. The number of benzene rings is 2. The molecule has 1 atom stereocenters. The molecule has 0 bridgehead atoms. The third kappa shape index (κ3) is 4.64. The van der Waals surface area contributed by atoms with Gasteiger partial charge in [-0.3, -0.25) is 4.21 Å². The van der Waals surface area contributed by atoms with Gasteiger partial charge in [0.15, 0.2) is 0 Å². The summed E-state index contributed by atoms with van der Waals surface area (Å²) in [6, 6.07) is 12.5. The Morgan fingerprint density at radius 1 is 0.950 bits per heavy atom. The molecule has 0 fully saturated rings. The SMILES string of the molecule is O=S(C=Cc1ccc(Cl)cc1Cl)Cc1ccc(Cl)cc1. The van der Waals surface area contributed by atoms with Crippen molar-refractivity contribution in [2.75, 3.05) is 0 Å². The highest BCUT2D eigenvalue weighted by Crippen LogP contribution is 2.22. The average Bonchev–Trinajstić information content (AvgIpc) is 2.40. The molecule has 5 heteroatoms. The van der Waals surface area contributed by atoms with Crippen LogP contribution < -0.4 is 0 Å². The van der Waals surface area contributed by atoms with E-state index in [-0.39, 0.29) is 0 Å². The normalized spacial score (nSPS) is 12.8. The lowest BCUT2D eigenvalue weighted by atomic mass is 10.2. The molecule has 0 aliphatic carbocycles. The van der Waals surface area contributed by atoms with E-state index >= 15 is 0 Å². The van der Waals surface area contributed by atoms with Crippen molar-refractivity contribution in [2.45, 2.75) is 5.75 Å². The Kier molecular flexibility index (Phi) is 5.67. The molecule has 0 aromatic heterocycles. The summed E-state index contributed by atoms with van der Waals surface area (Å²) < 4.78 is 12.0. The molecule has 0 spiro atoms. The number of halogens is 3. The van der Waals surface area contributed by atoms with Crippen molar-refractivity contribution >= 4 is 51.7 Å². The molecule has 0 aliphatic rings. The highest BCUT2D eigenvalue weighted by molar-refractivity contribution is 7.87. The highest BCUT2D eigenvalue weighted by Gasteiger charge is 2.01. The minimum atomic E-state index is -1.11. The monoisotopic (exact) mass is 344 g/mol. The van der Waals surface area contributed by atoms with E-state index in [4.69, 9.17) is 34.8 Å². The lowest BCUT2D eigenvalue weighted by Crippen LogP contribution is -1.91. The van der Waals surface area contributed by atoms with E-state index < -0.39 is 10.8 Å². The Labute approximate surface area is 135 Å². The molecule has 0 amide bonds. The molecule has 2 rings (SSSR count). The maximum Gasteiger partial charge on any atom is 0.0526 e. The first-order valence-corrected chi connectivity index (χ1v) is 8.31. The lowest BCUT2D eigenvalue weighted by Gasteiger charge is -2.00. The van der Waals surface area contributed by atoms with E-state index in [2.05, 4.69) is 0 Å². The van der Waals surface area contributed by atoms with Gasteiger partial charge in [-0.25, -0.2) is 0 Å². The minimum absolute atomic E-state index is 0.443. The quantitative estimate of drug-likeness (QED) is 0.708. The molecule has 20 heavy (non-hydrogen) atoms. The van der Waals surface area contributed by atoms with Crippen molar-refractivity contribution in [2.24, 2.45) is 0 Å². The fraction of sp³-hybridized carbons (Fsp3) is 0.0667. The molecule has 0 heterocycles.